The number of benzene rings is 1. The zero-order valence-corrected chi connectivity index (χ0v) is 18.0. The highest BCUT2D eigenvalue weighted by molar-refractivity contribution is 5.93. The Morgan fingerprint density at radius 2 is 1.73 bits per heavy atom. The van der Waals surface area contributed by atoms with Crippen LogP contribution in [0.1, 0.15) is 78.6 Å². The van der Waals surface area contributed by atoms with E-state index in [0.717, 1.165) is 50.8 Å². The molecule has 2 saturated heterocycles. The first-order valence-electron chi connectivity index (χ1n) is 11.2. The highest BCUT2D eigenvalue weighted by Gasteiger charge is 2.32. The molecule has 6 nitrogen and oxygen atoms in total. The van der Waals surface area contributed by atoms with Gasteiger partial charge in [-0.1, -0.05) is 37.3 Å². The Hall–Kier alpha value is -2.63. The average molecular weight is 410 g/mol. The molecule has 30 heavy (non-hydrogen) atoms. The zero-order chi connectivity index (χ0) is 21.1. The molecule has 4 rings (SSSR count). The Balaban J connectivity index is 1.39. The van der Waals surface area contributed by atoms with E-state index in [1.807, 2.05) is 47.1 Å². The Morgan fingerprint density at radius 3 is 2.37 bits per heavy atom. The van der Waals surface area contributed by atoms with Crippen LogP contribution >= 0.6 is 0 Å². The first-order valence-corrected chi connectivity index (χ1v) is 11.2. The van der Waals surface area contributed by atoms with Crippen molar-refractivity contribution in [2.75, 3.05) is 26.2 Å². The van der Waals surface area contributed by atoms with Gasteiger partial charge in [-0.3, -0.25) is 9.59 Å². The van der Waals surface area contributed by atoms with Crippen LogP contribution in [0.15, 0.2) is 34.7 Å². The van der Waals surface area contributed by atoms with Gasteiger partial charge in [-0.2, -0.15) is 0 Å². The summed E-state index contributed by atoms with van der Waals surface area (Å²) in [4.78, 5) is 34.2. The molecule has 0 saturated carbocycles. The summed E-state index contributed by atoms with van der Waals surface area (Å²) in [5.74, 6) is 1.52. The maximum absolute atomic E-state index is 13.1. The average Bonchev–Trinajstić information content (AvgIpc) is 3.45. The number of aromatic nitrogens is 1. The minimum atomic E-state index is -0.0867. The number of hydrogen-bond acceptors (Lipinski definition) is 4. The van der Waals surface area contributed by atoms with Crippen LogP contribution in [-0.2, 0) is 4.79 Å². The Kier molecular flexibility index (Phi) is 6.21. The van der Waals surface area contributed by atoms with Gasteiger partial charge in [0.1, 0.15) is 5.76 Å². The highest BCUT2D eigenvalue weighted by Crippen LogP contribution is 2.31. The van der Waals surface area contributed by atoms with E-state index in [1.165, 1.54) is 0 Å². The van der Waals surface area contributed by atoms with Crippen molar-refractivity contribution in [3.05, 3.63) is 53.2 Å². The molecular formula is C24H31N3O3. The third kappa shape index (κ3) is 4.13. The fourth-order valence-corrected chi connectivity index (χ4v) is 4.67. The molecule has 160 valence electrons. The van der Waals surface area contributed by atoms with Gasteiger partial charge in [0.15, 0.2) is 11.6 Å². The third-order valence-electron chi connectivity index (χ3n) is 6.47. The molecule has 2 aromatic rings. The fourth-order valence-electron chi connectivity index (χ4n) is 4.67. The summed E-state index contributed by atoms with van der Waals surface area (Å²) in [5.41, 5.74) is 1.54. The van der Waals surface area contributed by atoms with Crippen LogP contribution in [0.4, 0.5) is 0 Å². The van der Waals surface area contributed by atoms with Gasteiger partial charge in [-0.25, -0.2) is 4.98 Å². The lowest BCUT2D eigenvalue weighted by atomic mass is 9.92. The molecule has 1 aromatic carbocycles. The number of likely N-dealkylation sites (tertiary alicyclic amines) is 2. The summed E-state index contributed by atoms with van der Waals surface area (Å²) in [7, 11) is 0. The fraction of sp³-hybridized carbons (Fsp3) is 0.542. The predicted molar refractivity (Wildman–Crippen MR) is 114 cm³/mol. The van der Waals surface area contributed by atoms with E-state index < -0.39 is 0 Å². The van der Waals surface area contributed by atoms with Crippen molar-refractivity contribution in [1.82, 2.24) is 14.8 Å². The molecule has 2 aliphatic heterocycles. The van der Waals surface area contributed by atoms with E-state index in [-0.39, 0.29) is 23.7 Å². The van der Waals surface area contributed by atoms with Crippen LogP contribution in [0.2, 0.25) is 0 Å². The van der Waals surface area contributed by atoms with Gasteiger partial charge in [0.25, 0.3) is 5.91 Å². The normalized spacial score (nSPS) is 18.6. The van der Waals surface area contributed by atoms with Crippen LogP contribution < -0.4 is 0 Å². The number of amides is 2. The number of piperidine rings is 1. The van der Waals surface area contributed by atoms with Crippen molar-refractivity contribution in [3.8, 4) is 0 Å². The number of hydrogen-bond donors (Lipinski definition) is 0. The molecule has 2 aliphatic rings. The van der Waals surface area contributed by atoms with Gasteiger partial charge >= 0.3 is 0 Å². The zero-order valence-electron chi connectivity index (χ0n) is 18.0. The van der Waals surface area contributed by atoms with Gasteiger partial charge in [0, 0.05) is 32.1 Å². The number of carbonyl (C=O) groups excluding carboxylic acids is 2. The lowest BCUT2D eigenvalue weighted by molar-refractivity contribution is -0.134. The molecule has 0 bridgehead atoms. The molecule has 1 atom stereocenters. The topological polar surface area (TPSA) is 66.7 Å². The third-order valence-corrected chi connectivity index (χ3v) is 6.47. The van der Waals surface area contributed by atoms with Crippen LogP contribution in [0.5, 0.6) is 0 Å². The molecule has 0 aliphatic carbocycles. The second kappa shape index (κ2) is 9.02. The largest absolute Gasteiger partial charge is 0.445 e. The monoisotopic (exact) mass is 409 g/mol. The minimum absolute atomic E-state index is 0.0127. The summed E-state index contributed by atoms with van der Waals surface area (Å²) < 4.78 is 5.91. The summed E-state index contributed by atoms with van der Waals surface area (Å²) in [6.45, 7) is 6.90. The Bertz CT molecular complexity index is 878. The standard InChI is InChI=1S/C24H31N3O3/c1-3-20(18-9-5-4-6-10-18)23(28)27-15-11-19(12-16-27)22-25-21(17(2)30-22)24(29)26-13-7-8-14-26/h4-6,9-10,19-20H,3,7-8,11-16H2,1-2H3/t20-/m0/s1. The van der Waals surface area contributed by atoms with Crippen molar-refractivity contribution in [1.29, 1.82) is 0 Å². The van der Waals surface area contributed by atoms with Gasteiger partial charge in [0.05, 0.1) is 5.92 Å². The smallest absolute Gasteiger partial charge is 0.276 e. The number of aryl methyl sites for hydroxylation is 1. The highest BCUT2D eigenvalue weighted by atomic mass is 16.4. The molecule has 0 radical (unpaired) electrons. The molecular weight excluding hydrogens is 378 g/mol. The quantitative estimate of drug-likeness (QED) is 0.745. The van der Waals surface area contributed by atoms with Crippen LogP contribution in [0, 0.1) is 6.92 Å². The van der Waals surface area contributed by atoms with Crippen LogP contribution in [0.25, 0.3) is 0 Å². The van der Waals surface area contributed by atoms with Crippen molar-refractivity contribution in [2.24, 2.45) is 0 Å². The molecule has 2 fully saturated rings. The molecule has 0 N–H and O–H groups in total. The molecule has 2 amide bonds. The van der Waals surface area contributed by atoms with E-state index in [9.17, 15) is 9.59 Å². The van der Waals surface area contributed by atoms with E-state index in [1.54, 1.807) is 0 Å². The van der Waals surface area contributed by atoms with Gasteiger partial charge in [-0.15, -0.1) is 0 Å². The summed E-state index contributed by atoms with van der Waals surface area (Å²) in [5, 5.41) is 0. The van der Waals surface area contributed by atoms with Crippen molar-refractivity contribution < 1.29 is 14.0 Å². The van der Waals surface area contributed by atoms with Gasteiger partial charge < -0.3 is 14.2 Å². The first kappa shape index (κ1) is 20.6. The van der Waals surface area contributed by atoms with Crippen molar-refractivity contribution in [3.63, 3.8) is 0 Å². The Labute approximate surface area is 178 Å². The van der Waals surface area contributed by atoms with Crippen molar-refractivity contribution in [2.45, 2.75) is 57.8 Å². The SMILES string of the molecule is CC[C@H](C(=O)N1CCC(c2nc(C(=O)N3CCCC3)c(C)o2)CC1)c1ccccc1. The first-order chi connectivity index (χ1) is 14.6. The molecule has 3 heterocycles. The van der Waals surface area contributed by atoms with Crippen molar-refractivity contribution >= 4 is 11.8 Å². The minimum Gasteiger partial charge on any atom is -0.445 e. The lowest BCUT2D eigenvalue weighted by Gasteiger charge is -2.33. The molecule has 0 spiro atoms. The van der Waals surface area contributed by atoms with Crippen LogP contribution in [-0.4, -0.2) is 52.8 Å². The van der Waals surface area contributed by atoms with Gasteiger partial charge in [-0.05, 0) is 44.6 Å². The van der Waals surface area contributed by atoms with Crippen LogP contribution in [0.3, 0.4) is 0 Å². The molecule has 1 aromatic heterocycles. The van der Waals surface area contributed by atoms with E-state index in [0.29, 0.717) is 30.4 Å². The van der Waals surface area contributed by atoms with Gasteiger partial charge in [0.2, 0.25) is 5.91 Å². The summed E-state index contributed by atoms with van der Waals surface area (Å²) in [6.07, 6.45) is 4.54. The lowest BCUT2D eigenvalue weighted by Crippen LogP contribution is -2.40. The number of carbonyl (C=O) groups is 2. The maximum atomic E-state index is 13.1. The maximum Gasteiger partial charge on any atom is 0.276 e. The number of nitrogens with zero attached hydrogens (tertiary/aromatic N) is 3. The Morgan fingerprint density at radius 1 is 1.07 bits per heavy atom. The molecule has 6 heteroatoms. The number of oxazole rings is 1. The van der Waals surface area contributed by atoms with E-state index in [2.05, 4.69) is 11.9 Å². The second-order valence-electron chi connectivity index (χ2n) is 8.43. The second-order valence-corrected chi connectivity index (χ2v) is 8.43. The molecule has 0 unspecified atom stereocenters. The number of rotatable bonds is 5. The van der Waals surface area contributed by atoms with E-state index in [4.69, 9.17) is 4.42 Å². The van der Waals surface area contributed by atoms with E-state index >= 15 is 0 Å². The summed E-state index contributed by atoms with van der Waals surface area (Å²) >= 11 is 0. The summed E-state index contributed by atoms with van der Waals surface area (Å²) in [6, 6.07) is 10.0. The predicted octanol–water partition coefficient (Wildman–Crippen LogP) is 4.12.